The number of carbonyl (C=O) groups is 2. The molecule has 5 aliphatic rings. The van der Waals surface area contributed by atoms with Gasteiger partial charge in [0.15, 0.2) is 5.78 Å². The summed E-state index contributed by atoms with van der Waals surface area (Å²) in [5.41, 5.74) is -1.78. The number of rotatable bonds is 1. The Hall–Kier alpha value is -1.20. The van der Waals surface area contributed by atoms with Crippen molar-refractivity contribution in [2.75, 3.05) is 0 Å². The van der Waals surface area contributed by atoms with Gasteiger partial charge in [-0.2, -0.15) is 0 Å². The van der Waals surface area contributed by atoms with E-state index in [1.165, 1.54) is 5.57 Å². The van der Waals surface area contributed by atoms with E-state index in [0.29, 0.717) is 19.3 Å². The second-order valence-electron chi connectivity index (χ2n) is 14.7. The number of carboxylic acids is 1. The van der Waals surface area contributed by atoms with E-state index in [1.54, 1.807) is 0 Å². The summed E-state index contributed by atoms with van der Waals surface area (Å²) in [7, 11) is 0. The number of aliphatic carboxylic acids is 1. The molecule has 0 aromatic rings. The van der Waals surface area contributed by atoms with Crippen LogP contribution < -0.4 is 0 Å². The molecule has 10 atom stereocenters. The van der Waals surface area contributed by atoms with Crippen LogP contribution in [0.5, 0.6) is 0 Å². The van der Waals surface area contributed by atoms with E-state index in [0.717, 1.165) is 32.1 Å². The summed E-state index contributed by atoms with van der Waals surface area (Å²) in [4.78, 5) is 25.9. The van der Waals surface area contributed by atoms with Gasteiger partial charge >= 0.3 is 5.97 Å². The molecule has 0 unspecified atom stereocenters. The van der Waals surface area contributed by atoms with Gasteiger partial charge < -0.3 is 15.3 Å². The van der Waals surface area contributed by atoms with Crippen LogP contribution in [0.15, 0.2) is 11.6 Å². The molecular weight excluding hydrogens is 440 g/mol. The standard InChI is InChI=1S/C30H46O5/c1-17-10-13-30(24(33)34)15-14-27(5)18(22(30)29(17,7)35)8-9-21-26(4)16-19(31)23(32)25(2,3)20(26)11-12-28(21,27)6/h8,17,20-23,32,35H,9-16H2,1-7H3,(H,33,34)/t17-,20-,21-,22+,23-,26-,27+,28-,29-,30+/m0/s1. The molecule has 0 aliphatic heterocycles. The van der Waals surface area contributed by atoms with Crippen LogP contribution in [0, 0.1) is 50.7 Å². The van der Waals surface area contributed by atoms with E-state index in [4.69, 9.17) is 0 Å². The van der Waals surface area contributed by atoms with E-state index >= 15 is 0 Å². The molecule has 0 bridgehead atoms. The molecule has 0 aromatic carbocycles. The van der Waals surface area contributed by atoms with Crippen LogP contribution in [0.25, 0.3) is 0 Å². The monoisotopic (exact) mass is 486 g/mol. The van der Waals surface area contributed by atoms with Gasteiger partial charge in [0.1, 0.15) is 6.10 Å². The predicted octanol–water partition coefficient (Wildman–Crippen LogP) is 5.38. The maximum atomic E-state index is 13.1. The van der Waals surface area contributed by atoms with Gasteiger partial charge in [0.2, 0.25) is 0 Å². The molecule has 5 heteroatoms. The van der Waals surface area contributed by atoms with Gasteiger partial charge in [-0.1, -0.05) is 53.2 Å². The number of allylic oxidation sites excluding steroid dienone is 1. The number of hydrogen-bond acceptors (Lipinski definition) is 4. The molecule has 0 saturated heterocycles. The normalized spacial score (nSPS) is 55.1. The summed E-state index contributed by atoms with van der Waals surface area (Å²) in [6.07, 6.45) is 7.35. The highest BCUT2D eigenvalue weighted by atomic mass is 16.4. The number of fused-ring (bicyclic) bond motifs is 7. The maximum Gasteiger partial charge on any atom is 0.310 e. The Kier molecular flexibility index (Phi) is 5.25. The third-order valence-corrected chi connectivity index (χ3v) is 13.2. The van der Waals surface area contributed by atoms with Crippen molar-refractivity contribution in [1.82, 2.24) is 0 Å². The van der Waals surface area contributed by atoms with E-state index in [9.17, 15) is 24.9 Å². The molecule has 35 heavy (non-hydrogen) atoms. The number of hydrogen-bond donors (Lipinski definition) is 3. The van der Waals surface area contributed by atoms with Crippen LogP contribution in [0.4, 0.5) is 0 Å². The Morgan fingerprint density at radius 2 is 1.63 bits per heavy atom. The lowest BCUT2D eigenvalue weighted by Gasteiger charge is -2.71. The van der Waals surface area contributed by atoms with Gasteiger partial charge in [-0.25, -0.2) is 0 Å². The van der Waals surface area contributed by atoms with Gasteiger partial charge in [-0.3, -0.25) is 9.59 Å². The summed E-state index contributed by atoms with van der Waals surface area (Å²) < 4.78 is 0. The lowest BCUT2D eigenvalue weighted by atomic mass is 9.33. The van der Waals surface area contributed by atoms with Gasteiger partial charge in [-0.15, -0.1) is 0 Å². The third kappa shape index (κ3) is 2.83. The zero-order valence-corrected chi connectivity index (χ0v) is 22.8. The van der Waals surface area contributed by atoms with Crippen molar-refractivity contribution < 1.29 is 24.9 Å². The molecule has 0 amide bonds. The molecule has 0 spiro atoms. The van der Waals surface area contributed by atoms with Crippen molar-refractivity contribution in [2.45, 2.75) is 112 Å². The molecule has 0 heterocycles. The zero-order chi connectivity index (χ0) is 26.0. The van der Waals surface area contributed by atoms with Crippen LogP contribution >= 0.6 is 0 Å². The SMILES string of the molecule is C[C@H]1CC[C@@]2(C(=O)O)CC[C@]3(C)C(=CC[C@H]4[C@@]5(C)CC(=O)[C@H](O)C(C)(C)[C@@H]5CC[C@@]43C)[C@@H]2[C@@]1(C)O. The van der Waals surface area contributed by atoms with E-state index < -0.39 is 28.5 Å². The second kappa shape index (κ2) is 7.22. The summed E-state index contributed by atoms with van der Waals surface area (Å²) >= 11 is 0. The highest BCUT2D eigenvalue weighted by molar-refractivity contribution is 5.85. The minimum atomic E-state index is -1.07. The van der Waals surface area contributed by atoms with Crippen molar-refractivity contribution >= 4 is 11.8 Å². The summed E-state index contributed by atoms with van der Waals surface area (Å²) in [6.45, 7) is 15.1. The number of Topliss-reactive ketones (excluding diaryl/α,β-unsaturated/α-hetero) is 1. The Balaban J connectivity index is 1.65. The lowest BCUT2D eigenvalue weighted by Crippen LogP contribution is -2.68. The Labute approximate surface area is 210 Å². The number of carbonyl (C=O) groups excluding carboxylic acids is 1. The van der Waals surface area contributed by atoms with Crippen molar-refractivity contribution in [3.63, 3.8) is 0 Å². The fourth-order valence-corrected chi connectivity index (χ4v) is 10.8. The van der Waals surface area contributed by atoms with E-state index in [2.05, 4.69) is 47.6 Å². The quantitative estimate of drug-likeness (QED) is 0.432. The average molecular weight is 487 g/mol. The van der Waals surface area contributed by atoms with Crippen LogP contribution in [0.2, 0.25) is 0 Å². The predicted molar refractivity (Wildman–Crippen MR) is 134 cm³/mol. The van der Waals surface area contributed by atoms with Crippen molar-refractivity contribution in [3.05, 3.63) is 11.6 Å². The average Bonchev–Trinajstić information content (AvgIpc) is 2.75. The fourth-order valence-electron chi connectivity index (χ4n) is 10.8. The molecular formula is C30H46O5. The Morgan fingerprint density at radius 3 is 2.26 bits per heavy atom. The Bertz CT molecular complexity index is 995. The van der Waals surface area contributed by atoms with Gasteiger partial charge in [0.25, 0.3) is 0 Å². The zero-order valence-electron chi connectivity index (χ0n) is 22.8. The van der Waals surface area contributed by atoms with Crippen LogP contribution in [-0.2, 0) is 9.59 Å². The van der Waals surface area contributed by atoms with Gasteiger partial charge in [0.05, 0.1) is 11.0 Å². The van der Waals surface area contributed by atoms with Gasteiger partial charge in [0, 0.05) is 17.8 Å². The third-order valence-electron chi connectivity index (χ3n) is 13.2. The molecule has 196 valence electrons. The number of aliphatic hydroxyl groups is 2. The van der Waals surface area contributed by atoms with Crippen LogP contribution in [-0.4, -0.2) is 38.8 Å². The number of carboxylic acid groups (broad SMARTS) is 1. The first kappa shape index (κ1) is 25.4. The molecule has 0 aromatic heterocycles. The molecule has 5 nitrogen and oxygen atoms in total. The number of ketones is 1. The van der Waals surface area contributed by atoms with Crippen LogP contribution in [0.3, 0.4) is 0 Å². The molecule has 4 fully saturated rings. The smallest absolute Gasteiger partial charge is 0.310 e. The fraction of sp³-hybridized carbons (Fsp3) is 0.867. The molecule has 5 aliphatic carbocycles. The molecule has 0 radical (unpaired) electrons. The van der Waals surface area contributed by atoms with E-state index in [1.807, 2.05) is 6.92 Å². The lowest BCUT2D eigenvalue weighted by molar-refractivity contribution is -0.215. The summed E-state index contributed by atoms with van der Waals surface area (Å²) in [5, 5.41) is 33.2. The molecule has 4 saturated carbocycles. The van der Waals surface area contributed by atoms with Crippen molar-refractivity contribution in [2.24, 2.45) is 50.7 Å². The summed E-state index contributed by atoms with van der Waals surface area (Å²) in [6, 6.07) is 0. The van der Waals surface area contributed by atoms with E-state index in [-0.39, 0.29) is 45.7 Å². The second-order valence-corrected chi connectivity index (χ2v) is 14.7. The van der Waals surface area contributed by atoms with Crippen molar-refractivity contribution in [1.29, 1.82) is 0 Å². The highest BCUT2D eigenvalue weighted by Crippen LogP contribution is 2.75. The number of aliphatic hydroxyl groups excluding tert-OH is 1. The largest absolute Gasteiger partial charge is 0.481 e. The Morgan fingerprint density at radius 1 is 0.971 bits per heavy atom. The highest BCUT2D eigenvalue weighted by Gasteiger charge is 2.71. The minimum absolute atomic E-state index is 0.0319. The maximum absolute atomic E-state index is 13.1. The minimum Gasteiger partial charge on any atom is -0.481 e. The first-order valence-corrected chi connectivity index (χ1v) is 13.9. The first-order valence-electron chi connectivity index (χ1n) is 13.9. The van der Waals surface area contributed by atoms with Gasteiger partial charge in [-0.05, 0) is 85.9 Å². The molecule has 5 rings (SSSR count). The summed E-state index contributed by atoms with van der Waals surface area (Å²) in [5.74, 6) is -0.588. The first-order chi connectivity index (χ1) is 16.0. The van der Waals surface area contributed by atoms with Crippen molar-refractivity contribution in [3.8, 4) is 0 Å². The topological polar surface area (TPSA) is 94.8 Å². The molecule has 3 N–H and O–H groups in total. The van der Waals surface area contributed by atoms with Crippen LogP contribution in [0.1, 0.15) is 99.8 Å².